The van der Waals surface area contributed by atoms with Crippen molar-refractivity contribution in [2.45, 2.75) is 45.6 Å². The maximum Gasteiger partial charge on any atom is 0.326 e. The van der Waals surface area contributed by atoms with Crippen molar-refractivity contribution < 1.29 is 14.7 Å². The molecule has 0 aromatic carbocycles. The van der Waals surface area contributed by atoms with E-state index in [0.717, 1.165) is 5.69 Å². The molecule has 2 N–H and O–H groups in total. The average molecular weight is 293 g/mol. The number of carbonyl (C=O) groups is 2. The Bertz CT molecular complexity index is 553. The molecule has 6 nitrogen and oxygen atoms in total. The molecule has 0 radical (unpaired) electrons. The van der Waals surface area contributed by atoms with E-state index in [-0.39, 0.29) is 11.8 Å². The maximum atomic E-state index is 12.2. The lowest BCUT2D eigenvalue weighted by atomic mass is 9.92. The van der Waals surface area contributed by atoms with Crippen LogP contribution < -0.4 is 5.32 Å². The van der Waals surface area contributed by atoms with Gasteiger partial charge in [-0.05, 0) is 19.4 Å². The van der Waals surface area contributed by atoms with Gasteiger partial charge in [0.25, 0.3) is 5.91 Å². The third-order valence-electron chi connectivity index (χ3n) is 3.09. The van der Waals surface area contributed by atoms with Crippen LogP contribution in [0.1, 0.15) is 50.3 Å². The van der Waals surface area contributed by atoms with Gasteiger partial charge in [-0.3, -0.25) is 9.48 Å². The zero-order valence-electron chi connectivity index (χ0n) is 13.2. The number of hydrogen-bond donors (Lipinski definition) is 2. The molecule has 1 amide bonds. The van der Waals surface area contributed by atoms with E-state index >= 15 is 0 Å². The van der Waals surface area contributed by atoms with Gasteiger partial charge in [-0.1, -0.05) is 32.9 Å². The summed E-state index contributed by atoms with van der Waals surface area (Å²) < 4.78 is 1.48. The van der Waals surface area contributed by atoms with E-state index in [1.54, 1.807) is 32.2 Å². The lowest BCUT2D eigenvalue weighted by Gasteiger charge is -2.13. The van der Waals surface area contributed by atoms with E-state index < -0.39 is 17.9 Å². The van der Waals surface area contributed by atoms with Crippen LogP contribution in [0.2, 0.25) is 0 Å². The summed E-state index contributed by atoms with van der Waals surface area (Å²) in [5, 5.41) is 16.0. The van der Waals surface area contributed by atoms with Crippen molar-refractivity contribution in [1.29, 1.82) is 0 Å². The Labute approximate surface area is 124 Å². The molecule has 0 aliphatic carbocycles. The van der Waals surface area contributed by atoms with Crippen LogP contribution in [0.3, 0.4) is 0 Å². The minimum absolute atomic E-state index is 0.173. The highest BCUT2D eigenvalue weighted by Crippen LogP contribution is 2.21. The second-order valence-corrected chi connectivity index (χ2v) is 5.96. The number of carbonyl (C=O) groups excluding carboxylic acids is 1. The molecule has 0 bridgehead atoms. The molecule has 6 heteroatoms. The van der Waals surface area contributed by atoms with Crippen LogP contribution in [-0.2, 0) is 17.3 Å². The summed E-state index contributed by atoms with van der Waals surface area (Å²) in [6, 6.07) is 0.755. The van der Waals surface area contributed by atoms with E-state index in [9.17, 15) is 9.59 Å². The maximum absolute atomic E-state index is 12.2. The Morgan fingerprint density at radius 2 is 2.10 bits per heavy atom. The first-order chi connectivity index (χ1) is 9.66. The van der Waals surface area contributed by atoms with Crippen molar-refractivity contribution in [1.82, 2.24) is 15.1 Å². The van der Waals surface area contributed by atoms with Gasteiger partial charge < -0.3 is 10.4 Å². The van der Waals surface area contributed by atoms with Crippen molar-refractivity contribution in [3.8, 4) is 0 Å². The molecule has 0 aliphatic heterocycles. The van der Waals surface area contributed by atoms with Crippen LogP contribution in [0, 0.1) is 0 Å². The standard InChI is InChI=1S/C15H23N3O3/c1-6-7-8-10(14(20)21)16-13(19)11-9-12(15(2,3)4)17-18(11)5/h6-7,9-10H,8H2,1-5H3,(H,16,19)(H,20,21)/b7-6+. The van der Waals surface area contributed by atoms with Crippen molar-refractivity contribution in [3.05, 3.63) is 29.6 Å². The number of amides is 1. The predicted octanol–water partition coefficient (Wildman–Crippen LogP) is 1.87. The Morgan fingerprint density at radius 1 is 1.48 bits per heavy atom. The molecule has 1 heterocycles. The molecule has 0 aliphatic rings. The number of hydrogen-bond acceptors (Lipinski definition) is 3. The third kappa shape index (κ3) is 4.44. The van der Waals surface area contributed by atoms with Gasteiger partial charge in [-0.2, -0.15) is 5.10 Å². The molecule has 1 aromatic rings. The number of nitrogens with one attached hydrogen (secondary N) is 1. The number of nitrogens with zero attached hydrogens (tertiary/aromatic N) is 2. The zero-order valence-corrected chi connectivity index (χ0v) is 13.2. The smallest absolute Gasteiger partial charge is 0.326 e. The number of allylic oxidation sites excluding steroid dienone is 1. The molecular formula is C15H23N3O3. The zero-order chi connectivity index (χ0) is 16.2. The summed E-state index contributed by atoms with van der Waals surface area (Å²) in [5.74, 6) is -1.49. The lowest BCUT2D eigenvalue weighted by Crippen LogP contribution is -2.41. The average Bonchev–Trinajstić information content (AvgIpc) is 2.76. The minimum atomic E-state index is -1.06. The quantitative estimate of drug-likeness (QED) is 0.812. The molecule has 0 fully saturated rings. The number of rotatable bonds is 5. The van der Waals surface area contributed by atoms with Gasteiger partial charge >= 0.3 is 5.97 Å². The molecular weight excluding hydrogens is 270 g/mol. The van der Waals surface area contributed by atoms with Crippen molar-refractivity contribution in [3.63, 3.8) is 0 Å². The van der Waals surface area contributed by atoms with Crippen LogP contribution in [0.15, 0.2) is 18.2 Å². The Hall–Kier alpha value is -2.11. The van der Waals surface area contributed by atoms with Crippen LogP contribution in [0.5, 0.6) is 0 Å². The lowest BCUT2D eigenvalue weighted by molar-refractivity contribution is -0.139. The third-order valence-corrected chi connectivity index (χ3v) is 3.09. The fourth-order valence-electron chi connectivity index (χ4n) is 1.77. The molecule has 116 valence electrons. The van der Waals surface area contributed by atoms with E-state index in [1.807, 2.05) is 20.8 Å². The topological polar surface area (TPSA) is 84.2 Å². The van der Waals surface area contributed by atoms with Gasteiger partial charge in [-0.25, -0.2) is 4.79 Å². The normalized spacial score (nSPS) is 13.4. The second-order valence-electron chi connectivity index (χ2n) is 5.96. The number of carboxylic acids is 1. The summed E-state index contributed by atoms with van der Waals surface area (Å²) >= 11 is 0. The first-order valence-corrected chi connectivity index (χ1v) is 6.86. The van der Waals surface area contributed by atoms with Crippen LogP contribution in [0.25, 0.3) is 0 Å². The molecule has 1 aromatic heterocycles. The van der Waals surface area contributed by atoms with Crippen molar-refractivity contribution >= 4 is 11.9 Å². The highest BCUT2D eigenvalue weighted by molar-refractivity contribution is 5.95. The van der Waals surface area contributed by atoms with Gasteiger partial charge in [0.2, 0.25) is 0 Å². The summed E-state index contributed by atoms with van der Waals surface area (Å²) in [6.45, 7) is 7.81. The summed E-state index contributed by atoms with van der Waals surface area (Å²) in [7, 11) is 1.67. The van der Waals surface area contributed by atoms with E-state index in [1.165, 1.54) is 4.68 Å². The monoisotopic (exact) mass is 293 g/mol. The summed E-state index contributed by atoms with van der Waals surface area (Å²) in [6.07, 6.45) is 3.72. The van der Waals surface area contributed by atoms with Crippen LogP contribution >= 0.6 is 0 Å². The predicted molar refractivity (Wildman–Crippen MR) is 80.2 cm³/mol. The van der Waals surface area contributed by atoms with Crippen LogP contribution in [0.4, 0.5) is 0 Å². The molecule has 1 atom stereocenters. The fraction of sp³-hybridized carbons (Fsp3) is 0.533. The molecule has 0 saturated heterocycles. The first-order valence-electron chi connectivity index (χ1n) is 6.86. The summed E-state index contributed by atoms with van der Waals surface area (Å²) in [4.78, 5) is 23.4. The first kappa shape index (κ1) is 16.9. The highest BCUT2D eigenvalue weighted by atomic mass is 16.4. The second kappa shape index (κ2) is 6.56. The Morgan fingerprint density at radius 3 is 2.52 bits per heavy atom. The van der Waals surface area contributed by atoms with Gasteiger partial charge in [-0.15, -0.1) is 0 Å². The fourth-order valence-corrected chi connectivity index (χ4v) is 1.77. The number of aliphatic carboxylic acids is 1. The summed E-state index contributed by atoms with van der Waals surface area (Å²) in [5.41, 5.74) is 0.968. The van der Waals surface area contributed by atoms with Gasteiger partial charge in [0.1, 0.15) is 11.7 Å². The van der Waals surface area contributed by atoms with E-state index in [4.69, 9.17) is 5.11 Å². The van der Waals surface area contributed by atoms with Gasteiger partial charge in [0, 0.05) is 12.5 Å². The SMILES string of the molecule is C/C=C/CC(NC(=O)c1cc(C(C)(C)C)nn1C)C(=O)O. The van der Waals surface area contributed by atoms with E-state index in [2.05, 4.69) is 10.4 Å². The van der Waals surface area contributed by atoms with Gasteiger partial charge in [0.05, 0.1) is 5.69 Å². The molecule has 0 saturated carbocycles. The largest absolute Gasteiger partial charge is 0.480 e. The number of aromatic nitrogens is 2. The molecule has 0 spiro atoms. The number of carboxylic acid groups (broad SMARTS) is 1. The number of aryl methyl sites for hydroxylation is 1. The minimum Gasteiger partial charge on any atom is -0.480 e. The van der Waals surface area contributed by atoms with Crippen LogP contribution in [-0.4, -0.2) is 32.8 Å². The van der Waals surface area contributed by atoms with E-state index in [0.29, 0.717) is 5.69 Å². The van der Waals surface area contributed by atoms with Crippen molar-refractivity contribution in [2.75, 3.05) is 0 Å². The van der Waals surface area contributed by atoms with Crippen molar-refractivity contribution in [2.24, 2.45) is 7.05 Å². The Kier molecular flexibility index (Phi) is 5.29. The highest BCUT2D eigenvalue weighted by Gasteiger charge is 2.24. The molecule has 21 heavy (non-hydrogen) atoms. The van der Waals surface area contributed by atoms with Gasteiger partial charge in [0.15, 0.2) is 0 Å². The Balaban J connectivity index is 2.93. The molecule has 1 rings (SSSR count). The molecule has 1 unspecified atom stereocenters.